The second-order valence-corrected chi connectivity index (χ2v) is 12.9. The number of hydrogen-bond acceptors (Lipinski definition) is 8. The van der Waals surface area contributed by atoms with Gasteiger partial charge in [0.2, 0.25) is 5.91 Å². The van der Waals surface area contributed by atoms with Gasteiger partial charge in [-0.3, -0.25) is 24.6 Å². The normalized spacial score (nSPS) is 18.3. The lowest BCUT2D eigenvalue weighted by atomic mass is 9.80. The molecule has 0 radical (unpaired) electrons. The summed E-state index contributed by atoms with van der Waals surface area (Å²) in [4.78, 5) is 44.4. The molecule has 1 N–H and O–H groups in total. The predicted molar refractivity (Wildman–Crippen MR) is 185 cm³/mol. The Kier molecular flexibility index (Phi) is 8.92. The van der Waals surface area contributed by atoms with Crippen LogP contribution < -0.4 is 0 Å². The number of aromatic amines is 1. The highest BCUT2D eigenvalue weighted by Gasteiger charge is 2.44. The number of benzene rings is 2. The van der Waals surface area contributed by atoms with Gasteiger partial charge in [-0.25, -0.2) is 9.97 Å². The second-order valence-electron chi connectivity index (χ2n) is 12.9. The standard InChI is InChI=1S/C38H39N7O3/c1-26-20-31(10-16-39-26)36-32-21-27(4-9-33(32)42-43-36)22-34(46)38(25-48-2)13-19-44(24-38)23-35(47)45-17-11-29(12-18-45)28-5-7-30(8-6-28)37-40-14-3-15-41-37/h3-11,14-16,20-21H,12-13,17-19,22-25H2,1-2H3,(H,42,43)/t38-/m1/s1. The van der Waals surface area contributed by atoms with Crippen molar-refractivity contribution in [3.8, 4) is 22.6 Å². The van der Waals surface area contributed by atoms with E-state index >= 15 is 0 Å². The van der Waals surface area contributed by atoms with Crippen molar-refractivity contribution in [3.05, 3.63) is 102 Å². The summed E-state index contributed by atoms with van der Waals surface area (Å²) in [5.41, 5.74) is 7.32. The zero-order valence-corrected chi connectivity index (χ0v) is 27.4. The van der Waals surface area contributed by atoms with Gasteiger partial charge in [-0.2, -0.15) is 5.10 Å². The zero-order chi connectivity index (χ0) is 33.1. The largest absolute Gasteiger partial charge is 0.384 e. The van der Waals surface area contributed by atoms with Gasteiger partial charge in [-0.15, -0.1) is 0 Å². The minimum absolute atomic E-state index is 0.0897. The molecule has 7 rings (SSSR count). The smallest absolute Gasteiger partial charge is 0.237 e. The highest BCUT2D eigenvalue weighted by atomic mass is 16.5. The van der Waals surface area contributed by atoms with Crippen molar-refractivity contribution in [2.24, 2.45) is 5.41 Å². The molecule has 0 unspecified atom stereocenters. The number of carbonyl (C=O) groups excluding carboxylic acids is 2. The Bertz CT molecular complexity index is 1970. The summed E-state index contributed by atoms with van der Waals surface area (Å²) >= 11 is 0. The van der Waals surface area contributed by atoms with Gasteiger partial charge in [0.1, 0.15) is 11.5 Å². The van der Waals surface area contributed by atoms with Crippen LogP contribution in [0.4, 0.5) is 0 Å². The van der Waals surface area contributed by atoms with Crippen molar-refractivity contribution >= 4 is 28.2 Å². The first-order chi connectivity index (χ1) is 23.4. The summed E-state index contributed by atoms with van der Waals surface area (Å²) in [5.74, 6) is 0.934. The number of aromatic nitrogens is 5. The highest BCUT2D eigenvalue weighted by Crippen LogP contribution is 2.35. The first-order valence-corrected chi connectivity index (χ1v) is 16.4. The number of Topliss-reactive ketones (excluding diaryl/α,β-unsaturated/α-hetero) is 1. The molecule has 1 fully saturated rings. The lowest BCUT2D eigenvalue weighted by molar-refractivity contribution is -0.134. The van der Waals surface area contributed by atoms with Gasteiger partial charge in [0.15, 0.2) is 5.82 Å². The van der Waals surface area contributed by atoms with E-state index in [2.05, 4.69) is 54.3 Å². The lowest BCUT2D eigenvalue weighted by Crippen LogP contribution is -2.44. The van der Waals surface area contributed by atoms with E-state index in [1.165, 1.54) is 5.57 Å². The molecule has 5 heterocycles. The zero-order valence-electron chi connectivity index (χ0n) is 27.4. The molecule has 48 heavy (non-hydrogen) atoms. The minimum Gasteiger partial charge on any atom is -0.384 e. The number of aryl methyl sites for hydroxylation is 1. The van der Waals surface area contributed by atoms with Gasteiger partial charge in [0, 0.05) is 74.0 Å². The quantitative estimate of drug-likeness (QED) is 0.222. The minimum atomic E-state index is -0.655. The molecule has 10 nitrogen and oxygen atoms in total. The third kappa shape index (κ3) is 6.54. The maximum Gasteiger partial charge on any atom is 0.237 e. The number of nitrogens with zero attached hydrogens (tertiary/aromatic N) is 6. The van der Waals surface area contributed by atoms with Crippen molar-refractivity contribution in [1.82, 2.24) is 34.9 Å². The van der Waals surface area contributed by atoms with E-state index in [9.17, 15) is 9.59 Å². The fourth-order valence-corrected chi connectivity index (χ4v) is 6.98. The number of rotatable bonds is 10. The molecule has 10 heteroatoms. The lowest BCUT2D eigenvalue weighted by Gasteiger charge is -2.30. The topological polar surface area (TPSA) is 117 Å². The number of H-pyrrole nitrogens is 1. The van der Waals surface area contributed by atoms with Crippen LogP contribution in [-0.4, -0.2) is 93.1 Å². The number of pyridine rings is 1. The van der Waals surface area contributed by atoms with E-state index in [4.69, 9.17) is 4.74 Å². The predicted octanol–water partition coefficient (Wildman–Crippen LogP) is 5.16. The summed E-state index contributed by atoms with van der Waals surface area (Å²) in [7, 11) is 1.64. The van der Waals surface area contributed by atoms with Crippen molar-refractivity contribution < 1.29 is 14.3 Å². The molecular weight excluding hydrogens is 602 g/mol. The number of hydrogen-bond donors (Lipinski definition) is 1. The average Bonchev–Trinajstić information content (AvgIpc) is 3.73. The van der Waals surface area contributed by atoms with Gasteiger partial charge < -0.3 is 9.64 Å². The first kappa shape index (κ1) is 31.5. The van der Waals surface area contributed by atoms with Crippen LogP contribution in [0.1, 0.15) is 29.7 Å². The van der Waals surface area contributed by atoms with E-state index in [1.54, 1.807) is 25.7 Å². The third-order valence-corrected chi connectivity index (χ3v) is 9.61. The molecular formula is C38H39N7O3. The van der Waals surface area contributed by atoms with Crippen LogP contribution in [0.3, 0.4) is 0 Å². The Morgan fingerprint density at radius 3 is 2.50 bits per heavy atom. The van der Waals surface area contributed by atoms with Crippen molar-refractivity contribution in [2.75, 3.05) is 46.4 Å². The molecule has 2 aliphatic heterocycles. The first-order valence-electron chi connectivity index (χ1n) is 16.4. The Morgan fingerprint density at radius 1 is 0.938 bits per heavy atom. The van der Waals surface area contributed by atoms with Gasteiger partial charge in [-0.05, 0) is 73.3 Å². The molecule has 0 spiro atoms. The Labute approximate surface area is 279 Å². The van der Waals surface area contributed by atoms with Gasteiger partial charge in [-0.1, -0.05) is 36.4 Å². The average molecular weight is 642 g/mol. The van der Waals surface area contributed by atoms with Crippen molar-refractivity contribution in [2.45, 2.75) is 26.2 Å². The number of amides is 1. The molecule has 1 atom stereocenters. The fraction of sp³-hybridized carbons (Fsp3) is 0.316. The molecule has 2 aliphatic rings. The van der Waals surface area contributed by atoms with Gasteiger partial charge in [0.05, 0.1) is 24.1 Å². The van der Waals surface area contributed by atoms with E-state index in [0.29, 0.717) is 58.0 Å². The van der Waals surface area contributed by atoms with E-state index in [0.717, 1.165) is 51.0 Å². The molecule has 3 aromatic heterocycles. The molecule has 2 aromatic carbocycles. The third-order valence-electron chi connectivity index (χ3n) is 9.61. The van der Waals surface area contributed by atoms with Crippen LogP contribution in [-0.2, 0) is 20.7 Å². The van der Waals surface area contributed by atoms with Crippen LogP contribution in [0, 0.1) is 12.3 Å². The molecule has 0 aliphatic carbocycles. The van der Waals surface area contributed by atoms with Gasteiger partial charge in [0.25, 0.3) is 0 Å². The number of nitrogens with one attached hydrogen (secondary N) is 1. The number of methoxy groups -OCH3 is 1. The van der Waals surface area contributed by atoms with Crippen LogP contribution in [0.5, 0.6) is 0 Å². The number of ether oxygens (including phenoxy) is 1. The summed E-state index contributed by atoms with van der Waals surface area (Å²) in [6.45, 7) is 5.01. The van der Waals surface area contributed by atoms with Crippen molar-refractivity contribution in [1.29, 1.82) is 0 Å². The molecule has 1 saturated heterocycles. The van der Waals surface area contributed by atoms with Crippen LogP contribution in [0.15, 0.2) is 85.3 Å². The summed E-state index contributed by atoms with van der Waals surface area (Å²) in [6.07, 6.45) is 9.17. The fourth-order valence-electron chi connectivity index (χ4n) is 6.98. The Morgan fingerprint density at radius 2 is 1.75 bits per heavy atom. The Hall–Kier alpha value is -5.06. The van der Waals surface area contributed by atoms with E-state index in [1.807, 2.05) is 54.3 Å². The van der Waals surface area contributed by atoms with Crippen molar-refractivity contribution in [3.63, 3.8) is 0 Å². The maximum absolute atomic E-state index is 14.0. The molecule has 1 amide bonds. The summed E-state index contributed by atoms with van der Waals surface area (Å²) < 4.78 is 5.61. The highest BCUT2D eigenvalue weighted by molar-refractivity contribution is 5.95. The van der Waals surface area contributed by atoms with Crippen LogP contribution >= 0.6 is 0 Å². The monoisotopic (exact) mass is 641 g/mol. The molecule has 0 saturated carbocycles. The van der Waals surface area contributed by atoms with E-state index < -0.39 is 5.41 Å². The molecule has 244 valence electrons. The number of ketones is 1. The molecule has 0 bridgehead atoms. The number of carbonyl (C=O) groups is 2. The van der Waals surface area contributed by atoms with Gasteiger partial charge >= 0.3 is 0 Å². The summed E-state index contributed by atoms with van der Waals surface area (Å²) in [5, 5.41) is 8.64. The number of likely N-dealkylation sites (tertiary alicyclic amines) is 1. The Balaban J connectivity index is 0.977. The maximum atomic E-state index is 14.0. The summed E-state index contributed by atoms with van der Waals surface area (Å²) in [6, 6.07) is 20.1. The van der Waals surface area contributed by atoms with Crippen LogP contribution in [0.2, 0.25) is 0 Å². The van der Waals surface area contributed by atoms with E-state index in [-0.39, 0.29) is 11.7 Å². The number of fused-ring (bicyclic) bond motifs is 1. The molecule has 5 aromatic rings. The second kappa shape index (κ2) is 13.6. The van der Waals surface area contributed by atoms with Crippen LogP contribution in [0.25, 0.3) is 39.1 Å². The SMILES string of the molecule is COC[C@@]1(C(=O)Cc2ccc3[nH]nc(-c4ccnc(C)c4)c3c2)CCN(CC(=O)N2CC=C(c3ccc(-c4ncccn4)cc3)CC2)C1.